The summed E-state index contributed by atoms with van der Waals surface area (Å²) in [5.74, 6) is -0.997. The van der Waals surface area contributed by atoms with Crippen LogP contribution in [0.3, 0.4) is 0 Å². The smallest absolute Gasteiger partial charge is 0.329 e. The van der Waals surface area contributed by atoms with Crippen molar-refractivity contribution in [1.29, 1.82) is 0 Å². The summed E-state index contributed by atoms with van der Waals surface area (Å²) >= 11 is 1.55. The third kappa shape index (κ3) is 2.04. The molecule has 1 atom stereocenters. The Balaban J connectivity index is 1.89. The molecule has 20 heavy (non-hydrogen) atoms. The number of carbonyl (C=O) groups is 2. The van der Waals surface area contributed by atoms with Gasteiger partial charge < -0.3 is 10.0 Å². The van der Waals surface area contributed by atoms with Gasteiger partial charge in [0.2, 0.25) is 0 Å². The summed E-state index contributed by atoms with van der Waals surface area (Å²) < 4.78 is 0. The molecule has 1 aliphatic heterocycles. The fourth-order valence-corrected chi connectivity index (χ4v) is 4.44. The zero-order valence-corrected chi connectivity index (χ0v) is 12.5. The van der Waals surface area contributed by atoms with Crippen molar-refractivity contribution in [3.63, 3.8) is 0 Å². The molecule has 2 heterocycles. The molecule has 0 aromatic carbocycles. The third-order valence-corrected chi connectivity index (χ3v) is 5.78. The summed E-state index contributed by atoms with van der Waals surface area (Å²) in [4.78, 5) is 27.9. The van der Waals surface area contributed by atoms with E-state index < -0.39 is 11.5 Å². The second-order valence-corrected chi connectivity index (χ2v) is 7.04. The van der Waals surface area contributed by atoms with E-state index >= 15 is 0 Å². The van der Waals surface area contributed by atoms with E-state index in [-0.39, 0.29) is 5.91 Å². The minimum atomic E-state index is -1.05. The molecule has 1 aromatic heterocycles. The number of aryl methyl sites for hydroxylation is 2. The van der Waals surface area contributed by atoms with Gasteiger partial charge in [-0.05, 0) is 57.1 Å². The predicted molar refractivity (Wildman–Crippen MR) is 77.3 cm³/mol. The van der Waals surface area contributed by atoms with Crippen LogP contribution in [-0.2, 0) is 17.6 Å². The first-order valence-electron chi connectivity index (χ1n) is 7.19. The average molecular weight is 293 g/mol. The second kappa shape index (κ2) is 4.88. The fourth-order valence-electron chi connectivity index (χ4n) is 3.24. The van der Waals surface area contributed by atoms with E-state index in [0.717, 1.165) is 25.7 Å². The normalized spacial score (nSPS) is 25.6. The molecule has 3 rings (SSSR count). The largest absolute Gasteiger partial charge is 0.480 e. The lowest BCUT2D eigenvalue weighted by Gasteiger charge is -2.41. The van der Waals surface area contributed by atoms with Gasteiger partial charge in [0, 0.05) is 11.4 Å². The number of thiophene rings is 1. The molecule has 1 saturated heterocycles. The van der Waals surface area contributed by atoms with Crippen molar-refractivity contribution in [2.45, 2.75) is 51.0 Å². The molecule has 1 unspecified atom stereocenters. The number of likely N-dealkylation sites (tertiary alicyclic amines) is 1. The van der Waals surface area contributed by atoms with Crippen LogP contribution in [0, 0.1) is 0 Å². The highest BCUT2D eigenvalue weighted by molar-refractivity contribution is 7.14. The molecule has 0 spiro atoms. The van der Waals surface area contributed by atoms with Crippen LogP contribution in [0.5, 0.6) is 0 Å². The van der Waals surface area contributed by atoms with E-state index in [0.29, 0.717) is 17.8 Å². The van der Waals surface area contributed by atoms with E-state index in [1.807, 2.05) is 6.07 Å². The highest BCUT2D eigenvalue weighted by Gasteiger charge is 2.44. The number of carboxylic acid groups (broad SMARTS) is 1. The molecule has 0 radical (unpaired) electrons. The highest BCUT2D eigenvalue weighted by atomic mass is 32.1. The lowest BCUT2D eigenvalue weighted by atomic mass is 9.88. The summed E-state index contributed by atoms with van der Waals surface area (Å²) in [5, 5.41) is 9.49. The Morgan fingerprint density at radius 1 is 1.30 bits per heavy atom. The molecule has 1 N–H and O–H groups in total. The van der Waals surface area contributed by atoms with Gasteiger partial charge in [0.15, 0.2) is 0 Å². The number of hydrogen-bond donors (Lipinski definition) is 1. The molecular weight excluding hydrogens is 274 g/mol. The van der Waals surface area contributed by atoms with Gasteiger partial charge in [-0.15, -0.1) is 11.3 Å². The van der Waals surface area contributed by atoms with Crippen molar-refractivity contribution in [3.8, 4) is 0 Å². The predicted octanol–water partition coefficient (Wildman–Crippen LogP) is 2.71. The minimum Gasteiger partial charge on any atom is -0.480 e. The molecule has 1 amide bonds. The first kappa shape index (κ1) is 13.6. The maximum Gasteiger partial charge on any atom is 0.329 e. The van der Waals surface area contributed by atoms with E-state index in [4.69, 9.17) is 0 Å². The average Bonchev–Trinajstić information content (AvgIpc) is 2.99. The van der Waals surface area contributed by atoms with Crippen LogP contribution in [0.4, 0.5) is 0 Å². The first-order valence-corrected chi connectivity index (χ1v) is 8.01. The fraction of sp³-hybridized carbons (Fsp3) is 0.600. The molecule has 108 valence electrons. The summed E-state index contributed by atoms with van der Waals surface area (Å²) in [5.41, 5.74) is 0.233. The number of aliphatic carboxylic acids is 1. The topological polar surface area (TPSA) is 57.6 Å². The summed E-state index contributed by atoms with van der Waals surface area (Å²) in [7, 11) is 0. The van der Waals surface area contributed by atoms with Gasteiger partial charge in [-0.1, -0.05) is 0 Å². The van der Waals surface area contributed by atoms with E-state index in [1.54, 1.807) is 23.2 Å². The Labute approximate surface area is 122 Å². The Hall–Kier alpha value is -1.36. The van der Waals surface area contributed by atoms with Crippen LogP contribution in [-0.4, -0.2) is 34.0 Å². The number of rotatable bonds is 2. The van der Waals surface area contributed by atoms with Gasteiger partial charge in [-0.25, -0.2) is 4.79 Å². The van der Waals surface area contributed by atoms with Crippen molar-refractivity contribution < 1.29 is 14.7 Å². The van der Waals surface area contributed by atoms with Crippen LogP contribution < -0.4 is 0 Å². The third-order valence-electron chi connectivity index (χ3n) is 4.55. The Bertz CT molecular complexity index is 544. The monoisotopic (exact) mass is 293 g/mol. The number of amides is 1. The summed E-state index contributed by atoms with van der Waals surface area (Å²) in [6.07, 6.45) is 5.58. The molecule has 0 bridgehead atoms. The van der Waals surface area contributed by atoms with Crippen molar-refractivity contribution in [2.24, 2.45) is 0 Å². The van der Waals surface area contributed by atoms with Crippen molar-refractivity contribution >= 4 is 23.2 Å². The van der Waals surface area contributed by atoms with Crippen LogP contribution in [0.15, 0.2) is 6.07 Å². The molecular formula is C15H19NO3S. The number of fused-ring (bicyclic) bond motifs is 1. The lowest BCUT2D eigenvalue weighted by molar-refractivity contribution is -0.150. The van der Waals surface area contributed by atoms with E-state index in [1.165, 1.54) is 16.9 Å². The molecule has 1 aromatic rings. The Morgan fingerprint density at radius 3 is 2.80 bits per heavy atom. The highest BCUT2D eigenvalue weighted by Crippen LogP contribution is 2.35. The van der Waals surface area contributed by atoms with Gasteiger partial charge >= 0.3 is 5.97 Å². The Morgan fingerprint density at radius 2 is 2.10 bits per heavy atom. The van der Waals surface area contributed by atoms with Crippen LogP contribution in [0.1, 0.15) is 52.7 Å². The Kier molecular flexibility index (Phi) is 3.32. The SMILES string of the molecule is CC1(C(=O)O)CCCCN1C(=O)c1cc2c(s1)CCC2. The zero-order valence-electron chi connectivity index (χ0n) is 11.6. The molecule has 5 heteroatoms. The number of hydrogen-bond acceptors (Lipinski definition) is 3. The van der Waals surface area contributed by atoms with Crippen molar-refractivity contribution in [3.05, 3.63) is 21.4 Å². The van der Waals surface area contributed by atoms with Crippen LogP contribution >= 0.6 is 11.3 Å². The van der Waals surface area contributed by atoms with Gasteiger partial charge in [0.05, 0.1) is 4.88 Å². The van der Waals surface area contributed by atoms with E-state index in [9.17, 15) is 14.7 Å². The maximum atomic E-state index is 12.7. The molecule has 2 aliphatic rings. The minimum absolute atomic E-state index is 0.103. The number of carboxylic acids is 1. The lowest BCUT2D eigenvalue weighted by Crippen LogP contribution is -2.57. The number of carbonyl (C=O) groups excluding carboxylic acids is 1. The van der Waals surface area contributed by atoms with Crippen LogP contribution in [0.25, 0.3) is 0 Å². The van der Waals surface area contributed by atoms with Crippen molar-refractivity contribution in [2.75, 3.05) is 6.54 Å². The molecule has 4 nitrogen and oxygen atoms in total. The molecule has 0 saturated carbocycles. The van der Waals surface area contributed by atoms with Gasteiger partial charge in [-0.2, -0.15) is 0 Å². The van der Waals surface area contributed by atoms with E-state index in [2.05, 4.69) is 0 Å². The van der Waals surface area contributed by atoms with Gasteiger partial charge in [0.1, 0.15) is 5.54 Å². The quantitative estimate of drug-likeness (QED) is 0.912. The zero-order chi connectivity index (χ0) is 14.3. The van der Waals surface area contributed by atoms with Gasteiger partial charge in [-0.3, -0.25) is 4.79 Å². The number of piperidine rings is 1. The summed E-state index contributed by atoms with van der Waals surface area (Å²) in [6.45, 7) is 2.22. The second-order valence-electron chi connectivity index (χ2n) is 5.91. The molecule has 1 fully saturated rings. The molecule has 1 aliphatic carbocycles. The van der Waals surface area contributed by atoms with Crippen LogP contribution in [0.2, 0.25) is 0 Å². The first-order chi connectivity index (χ1) is 9.52. The maximum absolute atomic E-state index is 12.7. The number of nitrogens with zero attached hydrogens (tertiary/aromatic N) is 1. The summed E-state index contributed by atoms with van der Waals surface area (Å²) in [6, 6.07) is 1.98. The standard InChI is InChI=1S/C15H19NO3S/c1-15(14(18)19)7-2-3-8-16(15)13(17)12-9-10-5-4-6-11(10)20-12/h9H,2-8H2,1H3,(H,18,19). The van der Waals surface area contributed by atoms with Gasteiger partial charge in [0.25, 0.3) is 5.91 Å². The van der Waals surface area contributed by atoms with Crippen molar-refractivity contribution in [1.82, 2.24) is 4.90 Å².